The molecule has 1 heterocycles. The molecular formula is C8H9F2O7S-. The van der Waals surface area contributed by atoms with E-state index in [9.17, 15) is 23.6 Å². The summed E-state index contributed by atoms with van der Waals surface area (Å²) < 4.78 is 38.5. The topological polar surface area (TPSA) is 94.1 Å². The van der Waals surface area contributed by atoms with Crippen molar-refractivity contribution in [1.29, 1.82) is 0 Å². The van der Waals surface area contributed by atoms with E-state index in [2.05, 4.69) is 18.8 Å². The van der Waals surface area contributed by atoms with Gasteiger partial charge >= 0.3 is 17.2 Å². The van der Waals surface area contributed by atoms with Crippen molar-refractivity contribution in [2.75, 3.05) is 6.61 Å². The lowest BCUT2D eigenvalue weighted by atomic mass is 9.98. The number of hydrogen-bond acceptors (Lipinski definition) is 8. The Kier molecular flexibility index (Phi) is 4.85. The molecule has 10 heteroatoms. The molecule has 0 amide bonds. The van der Waals surface area contributed by atoms with Gasteiger partial charge in [0.15, 0.2) is 0 Å². The fourth-order valence-corrected chi connectivity index (χ4v) is 1.50. The SMILES string of the molecule is CC1(OC(=O)C(F)(F)SOO[O-])CCCOC1=O. The second kappa shape index (κ2) is 5.78. The van der Waals surface area contributed by atoms with Crippen molar-refractivity contribution < 1.29 is 42.5 Å². The lowest BCUT2D eigenvalue weighted by Gasteiger charge is -2.31. The third-order valence-corrected chi connectivity index (χ3v) is 2.68. The zero-order chi connectivity index (χ0) is 13.8. The van der Waals surface area contributed by atoms with Crippen LogP contribution in [0, 0.1) is 0 Å². The van der Waals surface area contributed by atoms with E-state index in [-0.39, 0.29) is 13.0 Å². The van der Waals surface area contributed by atoms with Gasteiger partial charge in [-0.1, -0.05) is 0 Å². The number of rotatable bonds is 5. The maximum absolute atomic E-state index is 13.0. The molecule has 0 aromatic carbocycles. The predicted octanol–water partition coefficient (Wildman–Crippen LogP) is 0.0898. The van der Waals surface area contributed by atoms with Crippen LogP contribution in [0.3, 0.4) is 0 Å². The summed E-state index contributed by atoms with van der Waals surface area (Å²) in [5.74, 6) is -2.92. The van der Waals surface area contributed by atoms with Crippen LogP contribution in [0.25, 0.3) is 0 Å². The molecule has 1 fully saturated rings. The van der Waals surface area contributed by atoms with Crippen LogP contribution in [-0.4, -0.2) is 29.4 Å². The van der Waals surface area contributed by atoms with E-state index in [0.29, 0.717) is 6.42 Å². The molecule has 0 aromatic heterocycles. The molecule has 1 saturated heterocycles. The molecule has 0 aliphatic carbocycles. The summed E-state index contributed by atoms with van der Waals surface area (Å²) in [6.45, 7) is 1.31. The zero-order valence-corrected chi connectivity index (χ0v) is 9.96. The number of hydrogen-bond donors (Lipinski definition) is 0. The lowest BCUT2D eigenvalue weighted by molar-refractivity contribution is -0.777. The van der Waals surface area contributed by atoms with E-state index in [1.54, 1.807) is 0 Å². The monoisotopic (exact) mass is 287 g/mol. The first-order chi connectivity index (χ1) is 8.32. The van der Waals surface area contributed by atoms with Crippen molar-refractivity contribution in [3.8, 4) is 0 Å². The average Bonchev–Trinajstić information content (AvgIpc) is 2.30. The third-order valence-electron chi connectivity index (χ3n) is 2.19. The van der Waals surface area contributed by atoms with Gasteiger partial charge in [0.1, 0.15) is 12.0 Å². The second-order valence-electron chi connectivity index (χ2n) is 3.60. The summed E-state index contributed by atoms with van der Waals surface area (Å²) in [6.07, 6.45) is 0.450. The largest absolute Gasteiger partial charge is 0.691 e. The number of carbonyl (C=O) groups is 2. The van der Waals surface area contributed by atoms with Crippen LogP contribution in [0.4, 0.5) is 8.78 Å². The highest BCUT2D eigenvalue weighted by Gasteiger charge is 2.50. The standard InChI is InChI=1S/C8H10F2O7S/c1-7(3-2-4-14-5(7)11)15-6(12)8(9,10)18-17-16-13/h13H,2-4H2,1H3/p-1. The Balaban J connectivity index is 2.65. The van der Waals surface area contributed by atoms with Crippen molar-refractivity contribution in [3.63, 3.8) is 0 Å². The zero-order valence-electron chi connectivity index (χ0n) is 9.14. The summed E-state index contributed by atoms with van der Waals surface area (Å²) in [7, 11) is 0. The Morgan fingerprint density at radius 2 is 2.28 bits per heavy atom. The predicted molar refractivity (Wildman–Crippen MR) is 49.4 cm³/mol. The molecule has 0 spiro atoms. The molecule has 0 radical (unpaired) electrons. The summed E-state index contributed by atoms with van der Waals surface area (Å²) >= 11 is -0.819. The summed E-state index contributed by atoms with van der Waals surface area (Å²) in [6, 6.07) is 0. The molecule has 0 aromatic rings. The minimum atomic E-state index is -4.18. The first kappa shape index (κ1) is 15.1. The Bertz CT molecular complexity index is 337. The number of esters is 2. The summed E-state index contributed by atoms with van der Waals surface area (Å²) in [4.78, 5) is 22.5. The Morgan fingerprint density at radius 3 is 2.83 bits per heavy atom. The molecule has 1 unspecified atom stereocenters. The van der Waals surface area contributed by atoms with Crippen LogP contribution in [0.5, 0.6) is 0 Å². The quantitative estimate of drug-likeness (QED) is 0.304. The first-order valence-corrected chi connectivity index (χ1v) is 5.49. The molecule has 1 atom stereocenters. The molecule has 1 aliphatic rings. The van der Waals surface area contributed by atoms with E-state index < -0.39 is 34.8 Å². The number of carbonyl (C=O) groups excluding carboxylic acids is 2. The fraction of sp³-hybridized carbons (Fsp3) is 0.750. The van der Waals surface area contributed by atoms with Gasteiger partial charge in [-0.3, -0.25) is 5.04 Å². The molecule has 0 bridgehead atoms. The molecule has 18 heavy (non-hydrogen) atoms. The van der Waals surface area contributed by atoms with E-state index in [4.69, 9.17) is 0 Å². The number of alkyl halides is 2. The lowest BCUT2D eigenvalue weighted by Crippen LogP contribution is -2.47. The van der Waals surface area contributed by atoms with E-state index in [0.717, 1.165) is 6.92 Å². The normalized spacial score (nSPS) is 24.6. The van der Waals surface area contributed by atoms with Crippen molar-refractivity contribution in [1.82, 2.24) is 0 Å². The Hall–Kier alpha value is -0.970. The summed E-state index contributed by atoms with van der Waals surface area (Å²) in [5.41, 5.74) is -1.77. The second-order valence-corrected chi connectivity index (χ2v) is 4.41. The molecule has 1 aliphatic heterocycles. The average molecular weight is 287 g/mol. The van der Waals surface area contributed by atoms with Gasteiger partial charge in [0.05, 0.1) is 6.61 Å². The first-order valence-electron chi connectivity index (χ1n) is 4.74. The minimum Gasteiger partial charge on any atom is -0.691 e. The van der Waals surface area contributed by atoms with Gasteiger partial charge in [-0.25, -0.2) is 9.59 Å². The van der Waals surface area contributed by atoms with E-state index in [1.807, 2.05) is 0 Å². The Labute approximate surface area is 104 Å². The van der Waals surface area contributed by atoms with Gasteiger partial charge in [-0.2, -0.15) is 13.1 Å². The maximum Gasteiger partial charge on any atom is 0.415 e. The highest BCUT2D eigenvalue weighted by atomic mass is 32.2. The van der Waals surface area contributed by atoms with Gasteiger partial charge in [0.25, 0.3) is 0 Å². The van der Waals surface area contributed by atoms with Crippen LogP contribution in [0.2, 0.25) is 0 Å². The van der Waals surface area contributed by atoms with Crippen LogP contribution in [0.15, 0.2) is 0 Å². The van der Waals surface area contributed by atoms with E-state index in [1.165, 1.54) is 0 Å². The molecule has 0 N–H and O–H groups in total. The molecule has 0 saturated carbocycles. The smallest absolute Gasteiger partial charge is 0.415 e. The number of cyclic esters (lactones) is 1. The highest BCUT2D eigenvalue weighted by molar-refractivity contribution is 7.96. The maximum atomic E-state index is 13.0. The van der Waals surface area contributed by atoms with Crippen LogP contribution in [0.1, 0.15) is 19.8 Å². The molecule has 1 rings (SSSR count). The van der Waals surface area contributed by atoms with Crippen molar-refractivity contribution in [2.24, 2.45) is 0 Å². The van der Waals surface area contributed by atoms with Gasteiger partial charge in [-0.15, -0.1) is 0 Å². The van der Waals surface area contributed by atoms with Gasteiger partial charge < -0.3 is 14.7 Å². The summed E-state index contributed by atoms with van der Waals surface area (Å²) in [5, 5.41) is 7.92. The minimum absolute atomic E-state index is 0.0667. The van der Waals surface area contributed by atoms with Gasteiger partial charge in [0, 0.05) is 6.42 Å². The van der Waals surface area contributed by atoms with Crippen molar-refractivity contribution in [3.05, 3.63) is 0 Å². The highest BCUT2D eigenvalue weighted by Crippen LogP contribution is 2.34. The van der Waals surface area contributed by atoms with Gasteiger partial charge in [0.2, 0.25) is 5.60 Å². The molecular weight excluding hydrogens is 278 g/mol. The number of ether oxygens (including phenoxy) is 2. The number of halogens is 2. The van der Waals surface area contributed by atoms with Crippen LogP contribution in [-0.2, 0) is 28.4 Å². The van der Waals surface area contributed by atoms with E-state index >= 15 is 0 Å². The van der Waals surface area contributed by atoms with Crippen molar-refractivity contribution in [2.45, 2.75) is 30.6 Å². The van der Waals surface area contributed by atoms with Crippen LogP contribution < -0.4 is 5.26 Å². The fourth-order valence-electron chi connectivity index (χ4n) is 1.28. The molecule has 104 valence electrons. The van der Waals surface area contributed by atoms with Crippen LogP contribution >= 0.6 is 12.0 Å². The van der Waals surface area contributed by atoms with Gasteiger partial charge in [-0.05, 0) is 13.3 Å². The van der Waals surface area contributed by atoms with Crippen molar-refractivity contribution >= 4 is 24.0 Å². The Morgan fingerprint density at radius 1 is 1.61 bits per heavy atom. The third kappa shape index (κ3) is 3.51. The molecule has 7 nitrogen and oxygen atoms in total.